The number of hydrogen-bond donors (Lipinski definition) is 1. The van der Waals surface area contributed by atoms with E-state index in [1.165, 1.54) is 0 Å². The summed E-state index contributed by atoms with van der Waals surface area (Å²) < 4.78 is 7.83. The molecule has 166 valence electrons. The number of furan rings is 1. The van der Waals surface area contributed by atoms with Crippen LogP contribution < -0.4 is 5.32 Å². The maximum Gasteiger partial charge on any atom is 0.325 e. The molecular formula is C26H23N3O4. The number of nitrogens with one attached hydrogen (secondary N) is 1. The second kappa shape index (κ2) is 7.48. The molecule has 0 spiro atoms. The van der Waals surface area contributed by atoms with Crippen molar-refractivity contribution in [1.29, 1.82) is 0 Å². The third kappa shape index (κ3) is 3.24. The van der Waals surface area contributed by atoms with Gasteiger partial charge in [-0.25, -0.2) is 4.79 Å². The Bertz CT molecular complexity index is 1380. The quantitative estimate of drug-likeness (QED) is 0.365. The van der Waals surface area contributed by atoms with Gasteiger partial charge in [-0.05, 0) is 51.1 Å². The number of ketones is 1. The molecule has 1 saturated heterocycles. The first kappa shape index (κ1) is 20.8. The molecule has 7 nitrogen and oxygen atoms in total. The molecule has 1 aliphatic heterocycles. The summed E-state index contributed by atoms with van der Waals surface area (Å²) in [6.07, 6.45) is 0. The van der Waals surface area contributed by atoms with E-state index in [1.807, 2.05) is 66.9 Å². The number of aryl methyl sites for hydroxylation is 1. The largest absolute Gasteiger partial charge is 0.458 e. The number of rotatable bonds is 5. The average molecular weight is 441 g/mol. The summed E-state index contributed by atoms with van der Waals surface area (Å²) in [6, 6.07) is 20.0. The Kier molecular flexibility index (Phi) is 4.70. The third-order valence-corrected chi connectivity index (χ3v) is 6.24. The van der Waals surface area contributed by atoms with Crippen molar-refractivity contribution in [2.45, 2.75) is 26.3 Å². The van der Waals surface area contributed by atoms with Crippen molar-refractivity contribution in [2.24, 2.45) is 0 Å². The van der Waals surface area contributed by atoms with Gasteiger partial charge in [-0.1, -0.05) is 36.4 Å². The Hall–Kier alpha value is -4.13. The van der Waals surface area contributed by atoms with Gasteiger partial charge >= 0.3 is 6.03 Å². The van der Waals surface area contributed by atoms with Gasteiger partial charge in [-0.3, -0.25) is 14.5 Å². The molecule has 2 aromatic carbocycles. The van der Waals surface area contributed by atoms with Gasteiger partial charge in [-0.15, -0.1) is 0 Å². The van der Waals surface area contributed by atoms with E-state index >= 15 is 0 Å². The SMILES string of the molecule is Cc1cc(C(=O)CN2C(=O)N[C@@](C)(c3cc4ccccc4o3)C2=O)c(C)n1-c1ccccc1. The number of amides is 3. The number of urea groups is 1. The van der Waals surface area contributed by atoms with Crippen LogP contribution in [0.4, 0.5) is 4.79 Å². The molecule has 1 atom stereocenters. The van der Waals surface area contributed by atoms with Crippen molar-refractivity contribution < 1.29 is 18.8 Å². The Labute approximate surface area is 190 Å². The molecule has 3 heterocycles. The molecule has 0 unspecified atom stereocenters. The molecule has 1 aliphatic rings. The van der Waals surface area contributed by atoms with Crippen LogP contribution in [0.2, 0.25) is 0 Å². The highest BCUT2D eigenvalue weighted by atomic mass is 16.3. The lowest BCUT2D eigenvalue weighted by Crippen LogP contribution is -2.41. The molecule has 0 radical (unpaired) electrons. The van der Waals surface area contributed by atoms with Gasteiger partial charge in [0.15, 0.2) is 11.3 Å². The van der Waals surface area contributed by atoms with E-state index in [9.17, 15) is 14.4 Å². The van der Waals surface area contributed by atoms with E-state index in [-0.39, 0.29) is 12.3 Å². The first-order valence-electron chi connectivity index (χ1n) is 10.7. The van der Waals surface area contributed by atoms with Crippen molar-refractivity contribution in [3.63, 3.8) is 0 Å². The van der Waals surface area contributed by atoms with E-state index in [1.54, 1.807) is 25.1 Å². The van der Waals surface area contributed by atoms with Gasteiger partial charge in [0.1, 0.15) is 11.3 Å². The van der Waals surface area contributed by atoms with E-state index in [2.05, 4.69) is 5.32 Å². The predicted molar refractivity (Wildman–Crippen MR) is 123 cm³/mol. The normalized spacial score (nSPS) is 18.2. The van der Waals surface area contributed by atoms with Gasteiger partial charge in [0.2, 0.25) is 0 Å². The van der Waals surface area contributed by atoms with Gasteiger partial charge in [0.25, 0.3) is 5.91 Å². The van der Waals surface area contributed by atoms with Crippen LogP contribution in [0.3, 0.4) is 0 Å². The number of aromatic nitrogens is 1. The second-order valence-electron chi connectivity index (χ2n) is 8.47. The first-order chi connectivity index (χ1) is 15.8. The van der Waals surface area contributed by atoms with Crippen molar-refractivity contribution in [3.05, 3.63) is 89.4 Å². The highest BCUT2D eigenvalue weighted by molar-refractivity contribution is 6.11. The molecule has 0 saturated carbocycles. The van der Waals surface area contributed by atoms with E-state index in [0.717, 1.165) is 27.4 Å². The maximum absolute atomic E-state index is 13.3. The maximum atomic E-state index is 13.3. The minimum absolute atomic E-state index is 0.303. The first-order valence-corrected chi connectivity index (χ1v) is 10.7. The number of Topliss-reactive ketones (excluding diaryl/α,β-unsaturated/α-hetero) is 1. The summed E-state index contributed by atoms with van der Waals surface area (Å²) in [5.41, 5.74) is 2.33. The molecular weight excluding hydrogens is 418 g/mol. The van der Waals surface area contributed by atoms with Crippen LogP contribution in [-0.2, 0) is 10.3 Å². The van der Waals surface area contributed by atoms with Crippen LogP contribution in [0.15, 0.2) is 71.1 Å². The van der Waals surface area contributed by atoms with Crippen LogP contribution in [0, 0.1) is 13.8 Å². The smallest absolute Gasteiger partial charge is 0.325 e. The summed E-state index contributed by atoms with van der Waals surface area (Å²) in [5, 5.41) is 3.54. The monoisotopic (exact) mass is 441 g/mol. The molecule has 4 aromatic rings. The summed E-state index contributed by atoms with van der Waals surface area (Å²) in [5.74, 6) is -0.487. The minimum atomic E-state index is -1.38. The number of carbonyl (C=O) groups excluding carboxylic acids is 3. The Morgan fingerprint density at radius 2 is 1.70 bits per heavy atom. The van der Waals surface area contributed by atoms with Crippen molar-refractivity contribution in [3.8, 4) is 5.69 Å². The fourth-order valence-electron chi connectivity index (χ4n) is 4.48. The van der Waals surface area contributed by atoms with E-state index in [0.29, 0.717) is 16.9 Å². The van der Waals surface area contributed by atoms with Crippen molar-refractivity contribution in [1.82, 2.24) is 14.8 Å². The van der Waals surface area contributed by atoms with E-state index < -0.39 is 17.5 Å². The standard InChI is InChI=1S/C26H23N3O4/c1-16-13-20(17(2)29(16)19-10-5-4-6-11-19)21(30)15-28-24(31)26(3,27-25(28)32)23-14-18-9-7-8-12-22(18)33-23/h4-14H,15H2,1-3H3,(H,27,32)/t26-/m0/s1. The van der Waals surface area contributed by atoms with Gasteiger partial charge < -0.3 is 14.3 Å². The van der Waals surface area contributed by atoms with Crippen LogP contribution in [-0.4, -0.2) is 33.7 Å². The lowest BCUT2D eigenvalue weighted by atomic mass is 9.98. The molecule has 7 heteroatoms. The molecule has 1 fully saturated rings. The third-order valence-electron chi connectivity index (χ3n) is 6.24. The molecule has 5 rings (SSSR count). The zero-order valence-corrected chi connectivity index (χ0v) is 18.6. The number of fused-ring (bicyclic) bond motifs is 1. The Morgan fingerprint density at radius 1 is 1.00 bits per heavy atom. The summed E-state index contributed by atoms with van der Waals surface area (Å²) >= 11 is 0. The average Bonchev–Trinajstić information content (AvgIpc) is 3.43. The van der Waals surface area contributed by atoms with Crippen molar-refractivity contribution >= 4 is 28.7 Å². The molecule has 1 N–H and O–H groups in total. The number of imide groups is 1. The molecule has 0 bridgehead atoms. The predicted octanol–water partition coefficient (Wildman–Crippen LogP) is 4.49. The number of benzene rings is 2. The minimum Gasteiger partial charge on any atom is -0.458 e. The molecule has 2 aromatic heterocycles. The highest BCUT2D eigenvalue weighted by Crippen LogP contribution is 2.33. The lowest BCUT2D eigenvalue weighted by Gasteiger charge is -2.18. The lowest BCUT2D eigenvalue weighted by molar-refractivity contribution is -0.131. The number of hydrogen-bond acceptors (Lipinski definition) is 4. The van der Waals surface area contributed by atoms with Crippen LogP contribution in [0.25, 0.3) is 16.7 Å². The molecule has 0 aliphatic carbocycles. The summed E-state index contributed by atoms with van der Waals surface area (Å²) in [6.45, 7) is 5.02. The number of nitrogens with zero attached hydrogens (tertiary/aromatic N) is 2. The Balaban J connectivity index is 1.43. The topological polar surface area (TPSA) is 84.6 Å². The Morgan fingerprint density at radius 3 is 2.42 bits per heavy atom. The zero-order chi connectivity index (χ0) is 23.3. The molecule has 33 heavy (non-hydrogen) atoms. The van der Waals surface area contributed by atoms with Gasteiger partial charge in [-0.2, -0.15) is 0 Å². The zero-order valence-electron chi connectivity index (χ0n) is 18.6. The fourth-order valence-corrected chi connectivity index (χ4v) is 4.48. The number of carbonyl (C=O) groups is 3. The van der Waals surface area contributed by atoms with Gasteiger partial charge in [0.05, 0.1) is 6.54 Å². The number of para-hydroxylation sites is 2. The highest BCUT2D eigenvalue weighted by Gasteiger charge is 2.51. The second-order valence-corrected chi connectivity index (χ2v) is 8.47. The van der Waals surface area contributed by atoms with Crippen molar-refractivity contribution in [2.75, 3.05) is 6.54 Å². The van der Waals surface area contributed by atoms with Crippen LogP contribution >= 0.6 is 0 Å². The van der Waals surface area contributed by atoms with E-state index in [4.69, 9.17) is 4.42 Å². The van der Waals surface area contributed by atoms with Gasteiger partial charge in [0, 0.05) is 28.0 Å². The molecule has 3 amide bonds. The summed E-state index contributed by atoms with van der Waals surface area (Å²) in [4.78, 5) is 40.2. The van der Waals surface area contributed by atoms with Crippen LogP contribution in [0.1, 0.15) is 34.4 Å². The van der Waals surface area contributed by atoms with Crippen LogP contribution in [0.5, 0.6) is 0 Å². The summed E-state index contributed by atoms with van der Waals surface area (Å²) in [7, 11) is 0. The fraction of sp³-hybridized carbons (Fsp3) is 0.192.